The van der Waals surface area contributed by atoms with Gasteiger partial charge in [0, 0.05) is 19.7 Å². The van der Waals surface area contributed by atoms with E-state index in [1.54, 1.807) is 0 Å². The Hall–Kier alpha value is -1.39. The Kier molecular flexibility index (Phi) is 7.86. The van der Waals surface area contributed by atoms with Gasteiger partial charge in [0.1, 0.15) is 0 Å². The largest absolute Gasteiger partial charge is 0.396 e. The topological polar surface area (TPSA) is 75.4 Å². The molecule has 1 rings (SSSR count). The first-order chi connectivity index (χ1) is 9.29. The van der Waals surface area contributed by atoms with Crippen LogP contribution in [0.2, 0.25) is 0 Å². The van der Waals surface area contributed by atoms with Crippen LogP contribution in [0.3, 0.4) is 0 Å². The molecule has 4 heteroatoms. The van der Waals surface area contributed by atoms with E-state index in [1.807, 2.05) is 30.3 Å². The maximum atomic E-state index is 12.0. The van der Waals surface area contributed by atoms with Crippen LogP contribution in [0.25, 0.3) is 0 Å². The lowest BCUT2D eigenvalue weighted by molar-refractivity contribution is -0.122. The number of aliphatic hydroxyl groups is 1. The maximum Gasteiger partial charge on any atom is 0.228 e. The van der Waals surface area contributed by atoms with Crippen LogP contribution < -0.4 is 11.1 Å². The van der Waals surface area contributed by atoms with Crippen LogP contribution in [0.15, 0.2) is 30.3 Å². The molecule has 106 valence electrons. The smallest absolute Gasteiger partial charge is 0.228 e. The van der Waals surface area contributed by atoms with E-state index in [9.17, 15) is 4.79 Å². The number of carbonyl (C=O) groups excluding carboxylic acids is 1. The summed E-state index contributed by atoms with van der Waals surface area (Å²) in [6.45, 7) is 1.24. The summed E-state index contributed by atoms with van der Waals surface area (Å²) in [5.74, 6) is -0.269. The lowest BCUT2D eigenvalue weighted by Crippen LogP contribution is -2.34. The second-order valence-electron chi connectivity index (χ2n) is 4.63. The van der Waals surface area contributed by atoms with Gasteiger partial charge in [0.15, 0.2) is 0 Å². The molecule has 1 unspecified atom stereocenters. The fraction of sp³-hybridized carbons (Fsp3) is 0.533. The van der Waals surface area contributed by atoms with E-state index in [-0.39, 0.29) is 18.4 Å². The van der Waals surface area contributed by atoms with Gasteiger partial charge in [-0.25, -0.2) is 0 Å². The van der Waals surface area contributed by atoms with Crippen LogP contribution in [0.1, 0.15) is 37.2 Å². The van der Waals surface area contributed by atoms with Gasteiger partial charge < -0.3 is 16.2 Å². The zero-order valence-corrected chi connectivity index (χ0v) is 11.3. The van der Waals surface area contributed by atoms with Gasteiger partial charge in [-0.2, -0.15) is 0 Å². The van der Waals surface area contributed by atoms with Gasteiger partial charge >= 0.3 is 0 Å². The minimum absolute atomic E-state index is 0.00384. The van der Waals surface area contributed by atoms with E-state index >= 15 is 0 Å². The fourth-order valence-corrected chi connectivity index (χ4v) is 2.00. The van der Waals surface area contributed by atoms with Crippen LogP contribution in [0, 0.1) is 0 Å². The average molecular weight is 264 g/mol. The van der Waals surface area contributed by atoms with Crippen LogP contribution >= 0.6 is 0 Å². The SMILES string of the molecule is NCC(C(=O)NCCCCCCO)c1ccccc1. The lowest BCUT2D eigenvalue weighted by atomic mass is 9.98. The Morgan fingerprint density at radius 2 is 1.84 bits per heavy atom. The van der Waals surface area contributed by atoms with Gasteiger partial charge in [0.2, 0.25) is 5.91 Å². The van der Waals surface area contributed by atoms with Gasteiger partial charge in [-0.1, -0.05) is 43.2 Å². The molecule has 0 spiro atoms. The van der Waals surface area contributed by atoms with Crippen molar-refractivity contribution in [3.05, 3.63) is 35.9 Å². The third kappa shape index (κ3) is 5.85. The number of aliphatic hydroxyl groups excluding tert-OH is 1. The first kappa shape index (κ1) is 15.7. The molecule has 0 saturated heterocycles. The highest BCUT2D eigenvalue weighted by atomic mass is 16.2. The number of amides is 1. The highest BCUT2D eigenvalue weighted by Gasteiger charge is 2.17. The Morgan fingerprint density at radius 1 is 1.16 bits per heavy atom. The number of nitrogens with two attached hydrogens (primary N) is 1. The number of hydrogen-bond acceptors (Lipinski definition) is 3. The summed E-state index contributed by atoms with van der Waals surface area (Å²) in [7, 11) is 0. The second-order valence-corrected chi connectivity index (χ2v) is 4.63. The van der Waals surface area contributed by atoms with E-state index < -0.39 is 0 Å². The number of unbranched alkanes of at least 4 members (excludes halogenated alkanes) is 3. The molecule has 4 nitrogen and oxygen atoms in total. The van der Waals surface area contributed by atoms with Crippen molar-refractivity contribution >= 4 is 5.91 Å². The van der Waals surface area contributed by atoms with Crippen LogP contribution in [-0.2, 0) is 4.79 Å². The summed E-state index contributed by atoms with van der Waals surface area (Å²) in [6, 6.07) is 9.62. The molecule has 0 bridgehead atoms. The monoisotopic (exact) mass is 264 g/mol. The standard InChI is InChI=1S/C15H24N2O2/c16-12-14(13-8-4-3-5-9-13)15(19)17-10-6-1-2-7-11-18/h3-5,8-9,14,18H,1-2,6-7,10-12,16H2,(H,17,19). The maximum absolute atomic E-state index is 12.0. The fourth-order valence-electron chi connectivity index (χ4n) is 2.00. The summed E-state index contributed by atoms with van der Waals surface area (Å²) in [4.78, 5) is 12.0. The molecule has 0 aliphatic heterocycles. The van der Waals surface area contributed by atoms with Crippen molar-refractivity contribution in [1.29, 1.82) is 0 Å². The van der Waals surface area contributed by atoms with Crippen molar-refractivity contribution in [3.8, 4) is 0 Å². The zero-order valence-electron chi connectivity index (χ0n) is 11.3. The summed E-state index contributed by atoms with van der Waals surface area (Å²) in [5, 5.41) is 11.6. The Bertz CT molecular complexity index is 354. The van der Waals surface area contributed by atoms with Gasteiger partial charge in [0.05, 0.1) is 5.92 Å². The molecule has 1 amide bonds. The molecule has 1 aromatic rings. The summed E-state index contributed by atoms with van der Waals surface area (Å²) in [5.41, 5.74) is 6.65. The predicted molar refractivity (Wildman–Crippen MR) is 76.8 cm³/mol. The number of rotatable bonds is 9. The van der Waals surface area contributed by atoms with E-state index in [1.165, 1.54) is 0 Å². The minimum Gasteiger partial charge on any atom is -0.396 e. The van der Waals surface area contributed by atoms with Gasteiger partial charge in [-0.15, -0.1) is 0 Å². The molecule has 0 heterocycles. The summed E-state index contributed by atoms with van der Waals surface area (Å²) in [6.07, 6.45) is 3.81. The summed E-state index contributed by atoms with van der Waals surface area (Å²) < 4.78 is 0. The van der Waals surface area contributed by atoms with Crippen molar-refractivity contribution in [2.24, 2.45) is 5.73 Å². The number of nitrogens with one attached hydrogen (secondary N) is 1. The molecule has 19 heavy (non-hydrogen) atoms. The van der Waals surface area contributed by atoms with Crippen LogP contribution in [0.5, 0.6) is 0 Å². The Labute approximate surface area is 115 Å². The molecule has 1 atom stereocenters. The molecule has 0 fully saturated rings. The van der Waals surface area contributed by atoms with Gasteiger partial charge in [-0.3, -0.25) is 4.79 Å². The van der Waals surface area contributed by atoms with E-state index in [0.29, 0.717) is 13.1 Å². The zero-order chi connectivity index (χ0) is 13.9. The molecule has 0 radical (unpaired) electrons. The van der Waals surface area contributed by atoms with E-state index in [0.717, 1.165) is 31.2 Å². The van der Waals surface area contributed by atoms with Crippen molar-refractivity contribution < 1.29 is 9.90 Å². The molecule has 1 aromatic carbocycles. The van der Waals surface area contributed by atoms with E-state index in [4.69, 9.17) is 10.8 Å². The molecule has 0 aliphatic carbocycles. The Balaban J connectivity index is 2.31. The third-order valence-electron chi connectivity index (χ3n) is 3.14. The van der Waals surface area contributed by atoms with Gasteiger partial charge in [0.25, 0.3) is 0 Å². The van der Waals surface area contributed by atoms with Crippen LogP contribution in [0.4, 0.5) is 0 Å². The number of hydrogen-bond donors (Lipinski definition) is 3. The van der Waals surface area contributed by atoms with Crippen molar-refractivity contribution in [1.82, 2.24) is 5.32 Å². The molecular formula is C15H24N2O2. The van der Waals surface area contributed by atoms with Crippen molar-refractivity contribution in [3.63, 3.8) is 0 Å². The van der Waals surface area contributed by atoms with Gasteiger partial charge in [-0.05, 0) is 18.4 Å². The Morgan fingerprint density at radius 3 is 2.47 bits per heavy atom. The minimum atomic E-state index is -0.265. The number of benzene rings is 1. The molecule has 0 saturated carbocycles. The lowest BCUT2D eigenvalue weighted by Gasteiger charge is -2.15. The van der Waals surface area contributed by atoms with Crippen molar-refractivity contribution in [2.45, 2.75) is 31.6 Å². The first-order valence-electron chi connectivity index (χ1n) is 6.93. The highest BCUT2D eigenvalue weighted by molar-refractivity contribution is 5.83. The highest BCUT2D eigenvalue weighted by Crippen LogP contribution is 2.14. The van der Waals surface area contributed by atoms with Crippen molar-refractivity contribution in [2.75, 3.05) is 19.7 Å². The number of carbonyl (C=O) groups is 1. The molecule has 0 aromatic heterocycles. The predicted octanol–water partition coefficient (Wildman–Crippen LogP) is 1.40. The van der Waals surface area contributed by atoms with Crippen LogP contribution in [-0.4, -0.2) is 30.7 Å². The molecule has 0 aliphatic rings. The van der Waals surface area contributed by atoms with E-state index in [2.05, 4.69) is 5.32 Å². The average Bonchev–Trinajstić information content (AvgIpc) is 2.45. The molecule has 4 N–H and O–H groups in total. The second kappa shape index (κ2) is 9.53. The third-order valence-corrected chi connectivity index (χ3v) is 3.14. The molecular weight excluding hydrogens is 240 g/mol. The first-order valence-corrected chi connectivity index (χ1v) is 6.93. The quantitative estimate of drug-likeness (QED) is 0.590. The normalized spacial score (nSPS) is 12.1. The summed E-state index contributed by atoms with van der Waals surface area (Å²) >= 11 is 0.